The van der Waals surface area contributed by atoms with E-state index < -0.39 is 0 Å². The van der Waals surface area contributed by atoms with Crippen LogP contribution in [0.3, 0.4) is 0 Å². The zero-order valence-corrected chi connectivity index (χ0v) is 12.5. The Labute approximate surface area is 121 Å². The number of nitrogens with one attached hydrogen (secondary N) is 1. The molecule has 0 saturated heterocycles. The van der Waals surface area contributed by atoms with Crippen molar-refractivity contribution in [3.8, 4) is 0 Å². The number of hydrogen-bond acceptors (Lipinski definition) is 1. The van der Waals surface area contributed by atoms with Gasteiger partial charge in [-0.15, -0.1) is 0 Å². The van der Waals surface area contributed by atoms with E-state index in [0.717, 1.165) is 11.8 Å². The molecule has 0 radical (unpaired) electrons. The molecule has 0 aliphatic heterocycles. The van der Waals surface area contributed by atoms with Gasteiger partial charge >= 0.3 is 0 Å². The minimum atomic E-state index is 0.482. The van der Waals surface area contributed by atoms with E-state index in [2.05, 4.69) is 36.3 Å². The van der Waals surface area contributed by atoms with Crippen LogP contribution in [0.2, 0.25) is 0 Å². The van der Waals surface area contributed by atoms with Gasteiger partial charge in [0.1, 0.15) is 0 Å². The molecule has 1 aromatic carbocycles. The summed E-state index contributed by atoms with van der Waals surface area (Å²) in [6.07, 6.45) is 3.92. The van der Waals surface area contributed by atoms with Crippen LogP contribution in [0.25, 0.3) is 0 Å². The van der Waals surface area contributed by atoms with E-state index in [9.17, 15) is 0 Å². The average molecular weight is 271 g/mol. The molecule has 3 N–H and O–H groups in total. The van der Waals surface area contributed by atoms with Crippen molar-refractivity contribution < 1.29 is 0 Å². The van der Waals surface area contributed by atoms with Gasteiger partial charge in [-0.3, -0.25) is 0 Å². The van der Waals surface area contributed by atoms with Crippen molar-refractivity contribution in [2.75, 3.05) is 0 Å². The SMILES string of the molecule is CC1(C)C2CCC(NC(N)=NCc3ccccc3)C1C2. The molecule has 3 aliphatic carbocycles. The van der Waals surface area contributed by atoms with E-state index >= 15 is 0 Å². The van der Waals surface area contributed by atoms with Crippen LogP contribution in [0, 0.1) is 17.3 Å². The fourth-order valence-electron chi connectivity index (χ4n) is 3.98. The molecule has 0 amide bonds. The van der Waals surface area contributed by atoms with Crippen LogP contribution >= 0.6 is 0 Å². The summed E-state index contributed by atoms with van der Waals surface area (Å²) in [6, 6.07) is 10.8. The largest absolute Gasteiger partial charge is 0.370 e. The maximum Gasteiger partial charge on any atom is 0.189 e. The fourth-order valence-corrected chi connectivity index (χ4v) is 3.98. The normalized spacial score (nSPS) is 31.5. The molecular formula is C17H25N3. The molecule has 0 spiro atoms. The van der Waals surface area contributed by atoms with Crippen molar-refractivity contribution in [1.29, 1.82) is 0 Å². The standard InChI is InChI=1S/C17H25N3/c1-17(2)13-8-9-15(14(17)10-13)20-16(18)19-11-12-6-4-3-5-7-12/h3-7,13-15H,8-11H2,1-2H3,(H3,18,19,20). The summed E-state index contributed by atoms with van der Waals surface area (Å²) in [5, 5.41) is 3.46. The average Bonchev–Trinajstić information content (AvgIpc) is 2.46. The second-order valence-electron chi connectivity index (χ2n) is 6.88. The topological polar surface area (TPSA) is 50.4 Å². The van der Waals surface area contributed by atoms with Gasteiger partial charge in [0.15, 0.2) is 5.96 Å². The van der Waals surface area contributed by atoms with Crippen LogP contribution in [0.1, 0.15) is 38.7 Å². The van der Waals surface area contributed by atoms with Crippen LogP contribution in [-0.4, -0.2) is 12.0 Å². The molecule has 3 saturated carbocycles. The number of aliphatic imine (C=N–C) groups is 1. The third-order valence-electron chi connectivity index (χ3n) is 5.47. The van der Waals surface area contributed by atoms with Gasteiger partial charge in [0.2, 0.25) is 0 Å². The Balaban J connectivity index is 1.57. The second kappa shape index (κ2) is 5.12. The first-order valence-electron chi connectivity index (χ1n) is 7.68. The summed E-state index contributed by atoms with van der Waals surface area (Å²) < 4.78 is 0. The lowest BCUT2D eigenvalue weighted by atomic mass is 9.47. The molecule has 3 fully saturated rings. The van der Waals surface area contributed by atoms with Gasteiger partial charge < -0.3 is 11.1 Å². The summed E-state index contributed by atoms with van der Waals surface area (Å²) in [5.74, 6) is 2.28. The lowest BCUT2D eigenvalue weighted by Crippen LogP contribution is -2.60. The highest BCUT2D eigenvalue weighted by Crippen LogP contribution is 2.58. The smallest absolute Gasteiger partial charge is 0.189 e. The van der Waals surface area contributed by atoms with Gasteiger partial charge in [-0.2, -0.15) is 0 Å². The Morgan fingerprint density at radius 1 is 1.30 bits per heavy atom. The molecule has 0 aromatic heterocycles. The Bertz CT molecular complexity index is 490. The number of rotatable bonds is 3. The van der Waals surface area contributed by atoms with Crippen LogP contribution in [0.4, 0.5) is 0 Å². The van der Waals surface area contributed by atoms with E-state index in [4.69, 9.17) is 5.73 Å². The maximum atomic E-state index is 6.06. The van der Waals surface area contributed by atoms with Crippen LogP contribution in [0.5, 0.6) is 0 Å². The predicted molar refractivity (Wildman–Crippen MR) is 83.3 cm³/mol. The Kier molecular flexibility index (Phi) is 3.45. The molecule has 3 nitrogen and oxygen atoms in total. The summed E-state index contributed by atoms with van der Waals surface area (Å²) in [7, 11) is 0. The quantitative estimate of drug-likeness (QED) is 0.656. The monoisotopic (exact) mass is 271 g/mol. The van der Waals surface area contributed by atoms with Crippen LogP contribution < -0.4 is 11.1 Å². The van der Waals surface area contributed by atoms with Crippen molar-refractivity contribution in [1.82, 2.24) is 5.32 Å². The van der Waals surface area contributed by atoms with E-state index in [-0.39, 0.29) is 0 Å². The van der Waals surface area contributed by atoms with Crippen molar-refractivity contribution >= 4 is 5.96 Å². The van der Waals surface area contributed by atoms with E-state index in [1.165, 1.54) is 24.8 Å². The Hall–Kier alpha value is -1.51. The minimum Gasteiger partial charge on any atom is -0.370 e. The third-order valence-corrected chi connectivity index (χ3v) is 5.47. The van der Waals surface area contributed by atoms with Crippen LogP contribution in [-0.2, 0) is 6.54 Å². The van der Waals surface area contributed by atoms with Gasteiger partial charge in [0.25, 0.3) is 0 Å². The fraction of sp³-hybridized carbons (Fsp3) is 0.588. The lowest BCUT2D eigenvalue weighted by molar-refractivity contribution is -0.0826. The zero-order valence-electron chi connectivity index (χ0n) is 12.5. The van der Waals surface area contributed by atoms with Crippen molar-refractivity contribution in [2.45, 2.75) is 45.7 Å². The first kappa shape index (κ1) is 13.5. The second-order valence-corrected chi connectivity index (χ2v) is 6.88. The number of fused-ring (bicyclic) bond motifs is 2. The molecule has 3 heteroatoms. The zero-order chi connectivity index (χ0) is 14.2. The minimum absolute atomic E-state index is 0.482. The molecule has 1 aromatic rings. The first-order chi connectivity index (χ1) is 9.57. The first-order valence-corrected chi connectivity index (χ1v) is 7.68. The van der Waals surface area contributed by atoms with Crippen molar-refractivity contribution in [3.63, 3.8) is 0 Å². The van der Waals surface area contributed by atoms with E-state index in [0.29, 0.717) is 24.0 Å². The summed E-state index contributed by atoms with van der Waals surface area (Å²) in [5.41, 5.74) is 7.74. The number of guanidine groups is 1. The number of benzene rings is 1. The van der Waals surface area contributed by atoms with E-state index in [1.807, 2.05) is 18.2 Å². The number of nitrogens with zero attached hydrogens (tertiary/aromatic N) is 1. The molecule has 2 bridgehead atoms. The van der Waals surface area contributed by atoms with Crippen molar-refractivity contribution in [3.05, 3.63) is 35.9 Å². The molecule has 3 unspecified atom stereocenters. The third kappa shape index (κ3) is 2.41. The van der Waals surface area contributed by atoms with Gasteiger partial charge in [0.05, 0.1) is 6.54 Å². The van der Waals surface area contributed by atoms with E-state index in [1.54, 1.807) is 0 Å². The summed E-state index contributed by atoms with van der Waals surface area (Å²) in [6.45, 7) is 5.46. The highest BCUT2D eigenvalue weighted by molar-refractivity contribution is 5.78. The highest BCUT2D eigenvalue weighted by Gasteiger charge is 2.54. The highest BCUT2D eigenvalue weighted by atomic mass is 15.1. The Morgan fingerprint density at radius 3 is 2.70 bits per heavy atom. The summed E-state index contributed by atoms with van der Waals surface area (Å²) >= 11 is 0. The molecule has 3 aliphatic rings. The van der Waals surface area contributed by atoms with Gasteiger partial charge in [-0.1, -0.05) is 44.2 Å². The Morgan fingerprint density at radius 2 is 2.05 bits per heavy atom. The molecule has 108 valence electrons. The van der Waals surface area contributed by atoms with Gasteiger partial charge in [-0.25, -0.2) is 4.99 Å². The number of nitrogens with two attached hydrogens (primary N) is 1. The molecular weight excluding hydrogens is 246 g/mol. The number of hydrogen-bond donors (Lipinski definition) is 2. The lowest BCUT2D eigenvalue weighted by Gasteiger charge is -2.60. The maximum absolute atomic E-state index is 6.06. The van der Waals surface area contributed by atoms with Gasteiger partial charge in [0, 0.05) is 6.04 Å². The van der Waals surface area contributed by atoms with Gasteiger partial charge in [-0.05, 0) is 42.1 Å². The van der Waals surface area contributed by atoms with Crippen LogP contribution in [0.15, 0.2) is 35.3 Å². The molecule has 4 rings (SSSR count). The molecule has 0 heterocycles. The summed E-state index contributed by atoms with van der Waals surface area (Å²) in [4.78, 5) is 4.47. The molecule has 20 heavy (non-hydrogen) atoms. The molecule has 3 atom stereocenters. The van der Waals surface area contributed by atoms with Crippen molar-refractivity contribution in [2.24, 2.45) is 28.0 Å². The predicted octanol–water partition coefficient (Wildman–Crippen LogP) is 2.92.